The Hall–Kier alpha value is -2.77. The van der Waals surface area contributed by atoms with Crippen molar-refractivity contribution < 1.29 is 14.4 Å². The lowest BCUT2D eigenvalue weighted by Gasteiger charge is -2.21. The van der Waals surface area contributed by atoms with Crippen LogP contribution in [0.3, 0.4) is 0 Å². The van der Waals surface area contributed by atoms with Gasteiger partial charge in [0.25, 0.3) is 11.8 Å². The molecule has 0 spiro atoms. The zero-order valence-electron chi connectivity index (χ0n) is 15.0. The number of carbonyl (C=O) groups is 3. The number of hydrogen-bond acceptors (Lipinski definition) is 5. The number of rotatable bonds is 3. The van der Waals surface area contributed by atoms with Gasteiger partial charge in [-0.2, -0.15) is 0 Å². The van der Waals surface area contributed by atoms with Crippen molar-refractivity contribution in [3.63, 3.8) is 0 Å². The van der Waals surface area contributed by atoms with Gasteiger partial charge in [0.15, 0.2) is 0 Å². The molecule has 3 amide bonds. The molecule has 5 nitrogen and oxygen atoms in total. The maximum atomic E-state index is 13.0. The van der Waals surface area contributed by atoms with Crippen molar-refractivity contribution in [2.45, 2.75) is 19.4 Å². The average Bonchev–Trinajstić information content (AvgIpc) is 3.12. The Balaban J connectivity index is 1.61. The predicted octanol–water partition coefficient (Wildman–Crippen LogP) is 3.53. The minimum absolute atomic E-state index is 0.0717. The van der Waals surface area contributed by atoms with E-state index in [1.807, 2.05) is 49.4 Å². The molecule has 140 valence electrons. The summed E-state index contributed by atoms with van der Waals surface area (Å²) < 4.78 is 0.295. The van der Waals surface area contributed by atoms with Gasteiger partial charge in [-0.1, -0.05) is 72.0 Å². The van der Waals surface area contributed by atoms with Gasteiger partial charge in [-0.15, -0.1) is 0 Å². The fraction of sp³-hybridized carbons (Fsp3) is 0.143. The number of imide groups is 1. The molecule has 2 aromatic carbocycles. The van der Waals surface area contributed by atoms with Gasteiger partial charge in [-0.3, -0.25) is 19.3 Å². The highest BCUT2D eigenvalue weighted by molar-refractivity contribution is 8.26. The van der Waals surface area contributed by atoms with Crippen molar-refractivity contribution in [1.29, 1.82) is 0 Å². The molecular formula is C21H16N2O3S2. The molecule has 1 atom stereocenters. The van der Waals surface area contributed by atoms with Crippen LogP contribution < -0.4 is 4.90 Å². The second kappa shape index (κ2) is 7.33. The van der Waals surface area contributed by atoms with E-state index >= 15 is 0 Å². The van der Waals surface area contributed by atoms with E-state index < -0.39 is 11.9 Å². The first-order valence-electron chi connectivity index (χ1n) is 8.71. The highest BCUT2D eigenvalue weighted by Crippen LogP contribution is 2.37. The van der Waals surface area contributed by atoms with E-state index in [9.17, 15) is 14.4 Å². The Morgan fingerprint density at radius 2 is 1.71 bits per heavy atom. The van der Waals surface area contributed by atoms with E-state index in [2.05, 4.69) is 0 Å². The van der Waals surface area contributed by atoms with Crippen LogP contribution >= 0.6 is 24.0 Å². The molecule has 0 aromatic heterocycles. The molecule has 0 aliphatic carbocycles. The minimum atomic E-state index is -0.900. The van der Waals surface area contributed by atoms with Crippen molar-refractivity contribution in [2.24, 2.45) is 0 Å². The summed E-state index contributed by atoms with van der Waals surface area (Å²) in [5, 5.41) is 0. The van der Waals surface area contributed by atoms with Gasteiger partial charge in [-0.05, 0) is 30.7 Å². The average molecular weight is 409 g/mol. The van der Waals surface area contributed by atoms with E-state index in [-0.39, 0.29) is 18.2 Å². The molecule has 0 unspecified atom stereocenters. The summed E-state index contributed by atoms with van der Waals surface area (Å²) in [4.78, 5) is 41.3. The summed E-state index contributed by atoms with van der Waals surface area (Å²) in [6.07, 6.45) is 1.68. The molecule has 28 heavy (non-hydrogen) atoms. The molecule has 2 heterocycles. The van der Waals surface area contributed by atoms with Crippen molar-refractivity contribution >= 4 is 57.8 Å². The quantitative estimate of drug-likeness (QED) is 0.442. The summed E-state index contributed by atoms with van der Waals surface area (Å²) in [6.45, 7) is 1.93. The van der Waals surface area contributed by atoms with Gasteiger partial charge in [0.2, 0.25) is 5.91 Å². The third-order valence-electron chi connectivity index (χ3n) is 4.65. The summed E-state index contributed by atoms with van der Waals surface area (Å²) in [6, 6.07) is 15.7. The van der Waals surface area contributed by atoms with Crippen molar-refractivity contribution in [1.82, 2.24) is 4.90 Å². The Labute approximate surface area is 172 Å². The first kappa shape index (κ1) is 18.6. The van der Waals surface area contributed by atoms with Gasteiger partial charge in [-0.25, -0.2) is 4.90 Å². The molecular weight excluding hydrogens is 392 g/mol. The number of benzene rings is 2. The molecule has 0 saturated carbocycles. The van der Waals surface area contributed by atoms with Gasteiger partial charge in [0, 0.05) is 0 Å². The molecule has 2 aliphatic rings. The second-order valence-corrected chi connectivity index (χ2v) is 8.26. The van der Waals surface area contributed by atoms with Crippen LogP contribution in [0.15, 0.2) is 59.5 Å². The molecule has 0 radical (unpaired) electrons. The first-order chi connectivity index (χ1) is 13.5. The summed E-state index contributed by atoms with van der Waals surface area (Å²) in [5.41, 5.74) is 2.41. The molecule has 2 fully saturated rings. The molecule has 2 aliphatic heterocycles. The lowest BCUT2D eigenvalue weighted by atomic mass is 10.2. The molecule has 2 saturated heterocycles. The standard InChI is InChI=1S/C21H16N2O3S2/c1-13-7-9-15(10-8-13)22-18(24)12-16(19(22)25)23-20(26)17(28-21(23)27)11-14-5-3-2-4-6-14/h2-11,16H,12H2,1H3/b17-11-/t16-/m0/s1. The Kier molecular flexibility index (Phi) is 4.87. The van der Waals surface area contributed by atoms with Crippen molar-refractivity contribution in [3.05, 3.63) is 70.6 Å². The normalized spacial score (nSPS) is 21.3. The Morgan fingerprint density at radius 1 is 1.04 bits per heavy atom. The minimum Gasteiger partial charge on any atom is -0.280 e. The monoisotopic (exact) mass is 408 g/mol. The van der Waals surface area contributed by atoms with Crippen LogP contribution in [-0.4, -0.2) is 33.0 Å². The highest BCUT2D eigenvalue weighted by atomic mass is 32.2. The fourth-order valence-electron chi connectivity index (χ4n) is 3.23. The number of nitrogens with zero attached hydrogens (tertiary/aromatic N) is 2. The summed E-state index contributed by atoms with van der Waals surface area (Å²) >= 11 is 6.51. The van der Waals surface area contributed by atoms with Crippen molar-refractivity contribution in [2.75, 3.05) is 4.90 Å². The molecule has 0 N–H and O–H groups in total. The predicted molar refractivity (Wildman–Crippen MR) is 114 cm³/mol. The third kappa shape index (κ3) is 3.27. The van der Waals surface area contributed by atoms with Gasteiger partial charge >= 0.3 is 0 Å². The Bertz CT molecular complexity index is 1020. The van der Waals surface area contributed by atoms with Crippen LogP contribution in [0.1, 0.15) is 17.5 Å². The fourth-order valence-corrected chi connectivity index (χ4v) is 4.59. The van der Waals surface area contributed by atoms with E-state index in [1.165, 1.54) is 4.90 Å². The number of aryl methyl sites for hydroxylation is 1. The molecule has 0 bridgehead atoms. The van der Waals surface area contributed by atoms with Crippen molar-refractivity contribution in [3.8, 4) is 0 Å². The van der Waals surface area contributed by atoms with Gasteiger partial charge in [0.1, 0.15) is 10.4 Å². The van der Waals surface area contributed by atoms with E-state index in [1.54, 1.807) is 18.2 Å². The SMILES string of the molecule is Cc1ccc(N2C(=O)C[C@H](N3C(=O)/C(=C/c4ccccc4)SC3=S)C2=O)cc1. The lowest BCUT2D eigenvalue weighted by Crippen LogP contribution is -2.44. The largest absolute Gasteiger partial charge is 0.280 e. The van der Waals surface area contributed by atoms with E-state index in [4.69, 9.17) is 12.2 Å². The zero-order valence-corrected chi connectivity index (χ0v) is 16.6. The highest BCUT2D eigenvalue weighted by Gasteiger charge is 2.48. The smallest absolute Gasteiger partial charge is 0.266 e. The van der Waals surface area contributed by atoms with Gasteiger partial charge < -0.3 is 0 Å². The van der Waals surface area contributed by atoms with Crippen LogP contribution in [-0.2, 0) is 14.4 Å². The number of carbonyl (C=O) groups excluding carboxylic acids is 3. The number of thioether (sulfide) groups is 1. The molecule has 2 aromatic rings. The summed E-state index contributed by atoms with van der Waals surface area (Å²) in [5.74, 6) is -1.10. The van der Waals surface area contributed by atoms with Crippen LogP contribution in [0.5, 0.6) is 0 Å². The lowest BCUT2D eigenvalue weighted by molar-refractivity contribution is -0.129. The number of amides is 3. The zero-order chi connectivity index (χ0) is 19.8. The summed E-state index contributed by atoms with van der Waals surface area (Å²) in [7, 11) is 0. The maximum Gasteiger partial charge on any atom is 0.266 e. The van der Waals surface area contributed by atoms with Crippen LogP contribution in [0, 0.1) is 6.92 Å². The third-order valence-corrected chi connectivity index (χ3v) is 5.98. The Morgan fingerprint density at radius 3 is 2.39 bits per heavy atom. The number of thiocarbonyl (C=S) groups is 1. The van der Waals surface area contributed by atoms with Crippen LogP contribution in [0.25, 0.3) is 6.08 Å². The topological polar surface area (TPSA) is 57.7 Å². The molecule has 7 heteroatoms. The first-order valence-corrected chi connectivity index (χ1v) is 9.94. The van der Waals surface area contributed by atoms with E-state index in [0.29, 0.717) is 14.9 Å². The van der Waals surface area contributed by atoms with E-state index in [0.717, 1.165) is 27.8 Å². The van der Waals surface area contributed by atoms with Crippen LogP contribution in [0.2, 0.25) is 0 Å². The van der Waals surface area contributed by atoms with Crippen LogP contribution in [0.4, 0.5) is 5.69 Å². The second-order valence-electron chi connectivity index (χ2n) is 6.59. The van der Waals surface area contributed by atoms with Gasteiger partial charge in [0.05, 0.1) is 17.0 Å². The number of hydrogen-bond donors (Lipinski definition) is 0. The maximum absolute atomic E-state index is 13.0. The number of anilines is 1. The molecule has 4 rings (SSSR count).